The van der Waals surface area contributed by atoms with Gasteiger partial charge in [0.25, 0.3) is 0 Å². The second kappa shape index (κ2) is 4.81. The molecule has 3 nitrogen and oxygen atoms in total. The number of rotatable bonds is 2. The highest BCUT2D eigenvalue weighted by atomic mass is 16.5. The van der Waals surface area contributed by atoms with Crippen LogP contribution in [0.1, 0.15) is 39.0 Å². The van der Waals surface area contributed by atoms with E-state index in [4.69, 9.17) is 10.5 Å². The van der Waals surface area contributed by atoms with Gasteiger partial charge in [-0.05, 0) is 39.0 Å². The van der Waals surface area contributed by atoms with Gasteiger partial charge in [-0.2, -0.15) is 0 Å². The monoisotopic (exact) mass is 212 g/mol. The van der Waals surface area contributed by atoms with Crippen molar-refractivity contribution in [3.63, 3.8) is 0 Å². The lowest BCUT2D eigenvalue weighted by Crippen LogP contribution is -2.52. The van der Waals surface area contributed by atoms with E-state index in [1.807, 2.05) is 7.11 Å². The van der Waals surface area contributed by atoms with Gasteiger partial charge in [0.2, 0.25) is 0 Å². The third-order valence-corrected chi connectivity index (χ3v) is 4.11. The summed E-state index contributed by atoms with van der Waals surface area (Å²) in [7, 11) is 1.85. The van der Waals surface area contributed by atoms with E-state index in [2.05, 4.69) is 11.8 Å². The Morgan fingerprint density at radius 2 is 2.07 bits per heavy atom. The first-order valence-electron chi connectivity index (χ1n) is 6.26. The quantitative estimate of drug-likeness (QED) is 0.751. The van der Waals surface area contributed by atoms with Crippen LogP contribution in [0.3, 0.4) is 0 Å². The van der Waals surface area contributed by atoms with Crippen LogP contribution in [0.4, 0.5) is 0 Å². The third-order valence-electron chi connectivity index (χ3n) is 4.11. The average molecular weight is 212 g/mol. The van der Waals surface area contributed by atoms with Crippen LogP contribution in [0.5, 0.6) is 0 Å². The topological polar surface area (TPSA) is 38.5 Å². The minimum absolute atomic E-state index is 0.415. The number of likely N-dealkylation sites (tertiary alicyclic amines) is 1. The standard InChI is InChI=1S/C12H24N2O/c1-9-8-10(13)6-7-14(9)11-4-3-5-12(11)15-2/h9-12H,3-8,13H2,1-2H3. The summed E-state index contributed by atoms with van der Waals surface area (Å²) in [5.41, 5.74) is 6.00. The molecule has 15 heavy (non-hydrogen) atoms. The van der Waals surface area contributed by atoms with Crippen LogP contribution in [-0.2, 0) is 4.74 Å². The smallest absolute Gasteiger partial charge is 0.0726 e. The van der Waals surface area contributed by atoms with Crippen LogP contribution in [0.25, 0.3) is 0 Å². The molecule has 1 saturated carbocycles. The highest BCUT2D eigenvalue weighted by Crippen LogP contribution is 2.30. The first kappa shape index (κ1) is 11.4. The van der Waals surface area contributed by atoms with Crippen molar-refractivity contribution >= 4 is 0 Å². The van der Waals surface area contributed by atoms with Gasteiger partial charge in [0.05, 0.1) is 6.10 Å². The largest absolute Gasteiger partial charge is 0.380 e. The van der Waals surface area contributed by atoms with Gasteiger partial charge in [0, 0.05) is 31.8 Å². The Balaban J connectivity index is 1.97. The normalized spacial score (nSPS) is 43.4. The van der Waals surface area contributed by atoms with E-state index in [-0.39, 0.29) is 0 Å². The summed E-state index contributed by atoms with van der Waals surface area (Å²) in [6.07, 6.45) is 6.61. The summed E-state index contributed by atoms with van der Waals surface area (Å²) >= 11 is 0. The Morgan fingerprint density at radius 3 is 2.73 bits per heavy atom. The summed E-state index contributed by atoms with van der Waals surface area (Å²) < 4.78 is 5.58. The zero-order valence-corrected chi connectivity index (χ0v) is 9.98. The van der Waals surface area contributed by atoms with Crippen LogP contribution in [0.15, 0.2) is 0 Å². The van der Waals surface area contributed by atoms with Crippen molar-refractivity contribution < 1.29 is 4.74 Å². The fraction of sp³-hybridized carbons (Fsp3) is 1.00. The molecule has 2 rings (SSSR count). The van der Waals surface area contributed by atoms with Crippen molar-refractivity contribution in [2.24, 2.45) is 5.73 Å². The van der Waals surface area contributed by atoms with Crippen molar-refractivity contribution in [1.29, 1.82) is 0 Å². The second-order valence-corrected chi connectivity index (χ2v) is 5.14. The lowest BCUT2D eigenvalue weighted by molar-refractivity contribution is 0.00223. The molecule has 1 heterocycles. The van der Waals surface area contributed by atoms with E-state index in [9.17, 15) is 0 Å². The number of nitrogens with zero attached hydrogens (tertiary/aromatic N) is 1. The first-order valence-corrected chi connectivity index (χ1v) is 6.26. The molecule has 2 fully saturated rings. The Bertz CT molecular complexity index is 210. The molecule has 0 aromatic heterocycles. The SMILES string of the molecule is COC1CCCC1N1CCC(N)CC1C. The number of methoxy groups -OCH3 is 1. The molecule has 0 aromatic carbocycles. The molecule has 0 aromatic rings. The first-order chi connectivity index (χ1) is 7.22. The van der Waals surface area contributed by atoms with E-state index < -0.39 is 0 Å². The maximum absolute atomic E-state index is 6.00. The van der Waals surface area contributed by atoms with Gasteiger partial charge in [-0.3, -0.25) is 4.90 Å². The van der Waals surface area contributed by atoms with Gasteiger partial charge in [-0.25, -0.2) is 0 Å². The van der Waals surface area contributed by atoms with Gasteiger partial charge in [-0.15, -0.1) is 0 Å². The Morgan fingerprint density at radius 1 is 1.27 bits per heavy atom. The minimum atomic E-state index is 0.415. The number of nitrogens with two attached hydrogens (primary N) is 1. The van der Waals surface area contributed by atoms with Gasteiger partial charge in [0.15, 0.2) is 0 Å². The van der Waals surface area contributed by atoms with Crippen LogP contribution in [0.2, 0.25) is 0 Å². The Labute approximate surface area is 93.0 Å². The summed E-state index contributed by atoms with van der Waals surface area (Å²) in [6, 6.07) is 1.70. The number of hydrogen-bond acceptors (Lipinski definition) is 3. The maximum Gasteiger partial charge on any atom is 0.0726 e. The summed E-state index contributed by atoms with van der Waals surface area (Å²) in [5, 5.41) is 0. The molecule has 0 amide bonds. The van der Waals surface area contributed by atoms with Gasteiger partial charge in [0.1, 0.15) is 0 Å². The fourth-order valence-corrected chi connectivity index (χ4v) is 3.28. The van der Waals surface area contributed by atoms with Gasteiger partial charge in [-0.1, -0.05) is 0 Å². The summed E-state index contributed by atoms with van der Waals surface area (Å²) in [6.45, 7) is 3.47. The molecule has 1 aliphatic heterocycles. The van der Waals surface area contributed by atoms with Crippen molar-refractivity contribution in [2.75, 3.05) is 13.7 Å². The number of ether oxygens (including phenoxy) is 1. The molecule has 88 valence electrons. The predicted molar refractivity (Wildman–Crippen MR) is 61.8 cm³/mol. The second-order valence-electron chi connectivity index (χ2n) is 5.14. The van der Waals surface area contributed by atoms with Crippen LogP contribution >= 0.6 is 0 Å². The highest BCUT2D eigenvalue weighted by Gasteiger charge is 2.36. The molecule has 1 saturated heterocycles. The lowest BCUT2D eigenvalue weighted by Gasteiger charge is -2.42. The molecular weight excluding hydrogens is 188 g/mol. The Hall–Kier alpha value is -0.120. The van der Waals surface area contributed by atoms with Gasteiger partial charge >= 0.3 is 0 Å². The zero-order valence-electron chi connectivity index (χ0n) is 9.98. The van der Waals surface area contributed by atoms with Crippen LogP contribution in [0, 0.1) is 0 Å². The van der Waals surface area contributed by atoms with E-state index in [1.165, 1.54) is 19.3 Å². The van der Waals surface area contributed by atoms with Crippen LogP contribution < -0.4 is 5.73 Å². The third kappa shape index (κ3) is 2.35. The van der Waals surface area contributed by atoms with Crippen molar-refractivity contribution in [3.8, 4) is 0 Å². The molecule has 0 spiro atoms. The molecule has 0 radical (unpaired) electrons. The number of hydrogen-bond donors (Lipinski definition) is 1. The van der Waals surface area contributed by atoms with E-state index in [1.54, 1.807) is 0 Å². The zero-order chi connectivity index (χ0) is 10.8. The summed E-state index contributed by atoms with van der Waals surface area (Å²) in [4.78, 5) is 2.63. The molecular formula is C12H24N2O. The van der Waals surface area contributed by atoms with E-state index in [0.717, 1.165) is 19.4 Å². The lowest BCUT2D eigenvalue weighted by atomic mass is 9.96. The predicted octanol–water partition coefficient (Wildman–Crippen LogP) is 1.37. The number of piperidine rings is 1. The summed E-state index contributed by atoms with van der Waals surface area (Å²) in [5.74, 6) is 0. The van der Waals surface area contributed by atoms with Crippen molar-refractivity contribution in [2.45, 2.75) is 63.3 Å². The molecule has 2 aliphatic rings. The fourth-order valence-electron chi connectivity index (χ4n) is 3.28. The molecule has 2 N–H and O–H groups in total. The van der Waals surface area contributed by atoms with E-state index in [0.29, 0.717) is 24.2 Å². The van der Waals surface area contributed by atoms with Gasteiger partial charge < -0.3 is 10.5 Å². The molecule has 3 heteroatoms. The van der Waals surface area contributed by atoms with Crippen molar-refractivity contribution in [1.82, 2.24) is 4.90 Å². The molecule has 4 unspecified atom stereocenters. The average Bonchev–Trinajstić information content (AvgIpc) is 2.65. The van der Waals surface area contributed by atoms with Crippen LogP contribution in [-0.4, -0.2) is 42.8 Å². The Kier molecular flexibility index (Phi) is 3.65. The van der Waals surface area contributed by atoms with Crippen molar-refractivity contribution in [3.05, 3.63) is 0 Å². The molecule has 0 bridgehead atoms. The highest BCUT2D eigenvalue weighted by molar-refractivity contribution is 4.92. The minimum Gasteiger partial charge on any atom is -0.380 e. The van der Waals surface area contributed by atoms with E-state index >= 15 is 0 Å². The maximum atomic E-state index is 6.00. The molecule has 4 atom stereocenters. The molecule has 1 aliphatic carbocycles.